The highest BCUT2D eigenvalue weighted by Gasteiger charge is 2.51. The molecule has 0 aromatic carbocycles. The number of pyridine rings is 1. The summed E-state index contributed by atoms with van der Waals surface area (Å²) in [6.07, 6.45) is 7.38. The van der Waals surface area contributed by atoms with Crippen molar-refractivity contribution >= 4 is 51.2 Å². The van der Waals surface area contributed by atoms with Gasteiger partial charge in [0.2, 0.25) is 23.6 Å². The zero-order chi connectivity index (χ0) is 27.0. The second-order valence-corrected chi connectivity index (χ2v) is 12.0. The standard InChI is InChI=1S/C25H31N5O6S2/c31-20-13-17-5-1-2-11-37-38-15-19(29-22(33)18(28-20)12-16-4-3-9-26-14-16)23(34)30-25(7-8-25)24(35)27-10-6-21(32)36-17/h1,3-5,9,14,17-19H,2,6-8,10-13,15H2,(H,27,35)(H,28,31)(H,29,33)(H,30,34)/b5-1+/t17-,18-,19-/m1/s1. The second-order valence-electron chi connectivity index (χ2n) is 9.38. The van der Waals surface area contributed by atoms with Gasteiger partial charge in [0.1, 0.15) is 23.7 Å². The number of esters is 1. The fourth-order valence-electron chi connectivity index (χ4n) is 4.08. The monoisotopic (exact) mass is 561 g/mol. The molecule has 4 rings (SSSR count). The van der Waals surface area contributed by atoms with Crippen molar-refractivity contribution in [1.29, 1.82) is 0 Å². The first-order valence-corrected chi connectivity index (χ1v) is 15.0. The maximum atomic E-state index is 13.4. The van der Waals surface area contributed by atoms with Crippen LogP contribution in [0.4, 0.5) is 0 Å². The Bertz CT molecular complexity index is 1080. The van der Waals surface area contributed by atoms with E-state index in [1.807, 2.05) is 6.08 Å². The van der Waals surface area contributed by atoms with Crippen LogP contribution in [-0.4, -0.2) is 76.4 Å². The third-order valence-corrected chi connectivity index (χ3v) is 8.76. The summed E-state index contributed by atoms with van der Waals surface area (Å²) in [5.41, 5.74) is -0.338. The summed E-state index contributed by atoms with van der Waals surface area (Å²) in [6.45, 7) is 0.0394. The summed E-state index contributed by atoms with van der Waals surface area (Å²) in [7, 11) is 2.97. The van der Waals surface area contributed by atoms with Gasteiger partial charge in [0.05, 0.1) is 12.8 Å². The molecule has 0 radical (unpaired) electrons. The van der Waals surface area contributed by atoms with Gasteiger partial charge in [-0.2, -0.15) is 0 Å². The van der Waals surface area contributed by atoms with Crippen molar-refractivity contribution in [1.82, 2.24) is 26.3 Å². The first-order valence-electron chi connectivity index (χ1n) is 12.5. The quantitative estimate of drug-likeness (QED) is 0.228. The van der Waals surface area contributed by atoms with Crippen molar-refractivity contribution in [3.8, 4) is 0 Å². The fraction of sp³-hybridized carbons (Fsp3) is 0.520. The number of nitrogens with one attached hydrogen (secondary N) is 4. The zero-order valence-electron chi connectivity index (χ0n) is 20.8. The van der Waals surface area contributed by atoms with Crippen LogP contribution in [0.1, 0.15) is 37.7 Å². The van der Waals surface area contributed by atoms with Gasteiger partial charge in [0.25, 0.3) is 0 Å². The molecular weight excluding hydrogens is 530 g/mol. The molecule has 2 fully saturated rings. The van der Waals surface area contributed by atoms with Crippen LogP contribution >= 0.6 is 21.6 Å². The number of nitrogens with zero attached hydrogens (tertiary/aromatic N) is 1. The third-order valence-electron chi connectivity index (χ3n) is 6.32. The minimum Gasteiger partial charge on any atom is -0.458 e. The van der Waals surface area contributed by atoms with E-state index < -0.39 is 47.4 Å². The van der Waals surface area contributed by atoms with Crippen LogP contribution in [-0.2, 0) is 35.1 Å². The van der Waals surface area contributed by atoms with Crippen molar-refractivity contribution in [2.24, 2.45) is 0 Å². The number of hydrogen-bond acceptors (Lipinski definition) is 9. The Kier molecular flexibility index (Phi) is 9.67. The molecule has 1 saturated carbocycles. The molecule has 4 amide bonds. The maximum Gasteiger partial charge on any atom is 0.308 e. The lowest BCUT2D eigenvalue weighted by atomic mass is 10.1. The summed E-state index contributed by atoms with van der Waals surface area (Å²) in [4.78, 5) is 69.1. The van der Waals surface area contributed by atoms with Crippen LogP contribution in [0.25, 0.3) is 0 Å². The van der Waals surface area contributed by atoms with E-state index in [0.717, 1.165) is 5.56 Å². The molecule has 1 spiro atoms. The molecule has 3 atom stereocenters. The lowest BCUT2D eigenvalue weighted by molar-refractivity contribution is -0.148. The van der Waals surface area contributed by atoms with E-state index in [1.54, 1.807) is 30.6 Å². The number of hydrogen-bond donors (Lipinski definition) is 4. The molecule has 13 heteroatoms. The van der Waals surface area contributed by atoms with E-state index in [9.17, 15) is 24.0 Å². The molecule has 2 aliphatic heterocycles. The largest absolute Gasteiger partial charge is 0.458 e. The van der Waals surface area contributed by atoms with Gasteiger partial charge in [-0.25, -0.2) is 0 Å². The number of fused-ring (bicyclic) bond motifs is 7. The number of ether oxygens (including phenoxy) is 1. The highest BCUT2D eigenvalue weighted by Crippen LogP contribution is 2.36. The molecule has 1 aromatic rings. The average molecular weight is 562 g/mol. The molecule has 38 heavy (non-hydrogen) atoms. The predicted molar refractivity (Wildman–Crippen MR) is 143 cm³/mol. The lowest BCUT2D eigenvalue weighted by Crippen LogP contribution is -2.58. The maximum absolute atomic E-state index is 13.4. The van der Waals surface area contributed by atoms with Gasteiger partial charge >= 0.3 is 5.97 Å². The number of aromatic nitrogens is 1. The number of allylic oxidation sites excluding steroid dienone is 1. The molecular formula is C25H31N5O6S2. The molecule has 3 aliphatic rings. The van der Waals surface area contributed by atoms with Gasteiger partial charge in [0.15, 0.2) is 0 Å². The Hall–Kier alpha value is -3.06. The summed E-state index contributed by atoms with van der Waals surface area (Å²) in [5.74, 6) is -1.44. The third kappa shape index (κ3) is 7.97. The minimum absolute atomic E-state index is 0.0394. The molecule has 0 unspecified atom stereocenters. The Morgan fingerprint density at radius 3 is 2.68 bits per heavy atom. The van der Waals surface area contributed by atoms with Gasteiger partial charge in [-0.15, -0.1) is 0 Å². The number of amides is 4. The first-order chi connectivity index (χ1) is 18.3. The van der Waals surface area contributed by atoms with E-state index in [-0.39, 0.29) is 37.5 Å². The van der Waals surface area contributed by atoms with Crippen LogP contribution in [0.15, 0.2) is 36.7 Å². The molecule has 11 nitrogen and oxygen atoms in total. The van der Waals surface area contributed by atoms with Crippen LogP contribution < -0.4 is 21.3 Å². The van der Waals surface area contributed by atoms with E-state index in [4.69, 9.17) is 4.74 Å². The summed E-state index contributed by atoms with van der Waals surface area (Å²) in [5, 5.41) is 11.0. The van der Waals surface area contributed by atoms with Crippen molar-refractivity contribution in [2.75, 3.05) is 18.1 Å². The Morgan fingerprint density at radius 1 is 1.08 bits per heavy atom. The molecule has 204 valence electrons. The van der Waals surface area contributed by atoms with Crippen molar-refractivity contribution in [2.45, 2.75) is 62.3 Å². The van der Waals surface area contributed by atoms with E-state index >= 15 is 0 Å². The average Bonchev–Trinajstić information content (AvgIpc) is 3.67. The van der Waals surface area contributed by atoms with E-state index in [0.29, 0.717) is 25.0 Å². The highest BCUT2D eigenvalue weighted by molar-refractivity contribution is 8.76. The predicted octanol–water partition coefficient (Wildman–Crippen LogP) is 0.406. The summed E-state index contributed by atoms with van der Waals surface area (Å²) >= 11 is 0. The smallest absolute Gasteiger partial charge is 0.308 e. The van der Waals surface area contributed by atoms with Crippen LogP contribution in [0.2, 0.25) is 0 Å². The van der Waals surface area contributed by atoms with E-state index in [2.05, 4.69) is 26.3 Å². The lowest BCUT2D eigenvalue weighted by Gasteiger charge is -2.25. The van der Waals surface area contributed by atoms with Crippen molar-refractivity contribution in [3.05, 3.63) is 42.2 Å². The van der Waals surface area contributed by atoms with Crippen molar-refractivity contribution < 1.29 is 28.7 Å². The zero-order valence-corrected chi connectivity index (χ0v) is 22.4. The van der Waals surface area contributed by atoms with Crippen LogP contribution in [0, 0.1) is 0 Å². The molecule has 1 aliphatic carbocycles. The minimum atomic E-state index is -1.06. The fourth-order valence-corrected chi connectivity index (χ4v) is 6.23. The highest BCUT2D eigenvalue weighted by atomic mass is 33.1. The first kappa shape index (κ1) is 28.0. The number of rotatable bonds is 2. The summed E-state index contributed by atoms with van der Waals surface area (Å²) < 4.78 is 5.53. The van der Waals surface area contributed by atoms with Crippen LogP contribution in [0.5, 0.6) is 0 Å². The Balaban J connectivity index is 1.65. The topological polar surface area (TPSA) is 156 Å². The Labute approximate surface area is 228 Å². The normalized spacial score (nSPS) is 28.0. The molecule has 2 bridgehead atoms. The second kappa shape index (κ2) is 13.1. The molecule has 3 heterocycles. The van der Waals surface area contributed by atoms with Crippen molar-refractivity contribution in [3.63, 3.8) is 0 Å². The molecule has 4 N–H and O–H groups in total. The number of carbonyl (C=O) groups is 5. The van der Waals surface area contributed by atoms with Gasteiger partial charge in [-0.1, -0.05) is 33.7 Å². The van der Waals surface area contributed by atoms with Crippen LogP contribution in [0.3, 0.4) is 0 Å². The summed E-state index contributed by atoms with van der Waals surface area (Å²) in [6, 6.07) is 1.59. The Morgan fingerprint density at radius 2 is 1.92 bits per heavy atom. The molecule has 1 aromatic heterocycles. The van der Waals surface area contributed by atoms with Gasteiger partial charge in [-0.05, 0) is 37.0 Å². The van der Waals surface area contributed by atoms with Gasteiger partial charge in [-0.3, -0.25) is 29.0 Å². The van der Waals surface area contributed by atoms with Gasteiger partial charge < -0.3 is 26.0 Å². The van der Waals surface area contributed by atoms with Gasteiger partial charge in [0, 0.05) is 36.9 Å². The number of carbonyl (C=O) groups excluding carboxylic acids is 5. The van der Waals surface area contributed by atoms with E-state index in [1.165, 1.54) is 21.6 Å². The SMILES string of the molecule is O=C1C[C@H]2/C=C/CCSSC[C@@H](NC(=O)[C@@H](Cc3cccnc3)N1)C(=O)NC1(CC1)C(=O)NCCC(=O)O2. The molecule has 1 saturated heterocycles.